The molecule has 5 nitrogen and oxygen atoms in total. The number of amides is 2. The van der Waals surface area contributed by atoms with Crippen molar-refractivity contribution >= 4 is 12.0 Å². The van der Waals surface area contributed by atoms with E-state index >= 15 is 0 Å². The lowest BCUT2D eigenvalue weighted by atomic mass is 10.3. The van der Waals surface area contributed by atoms with Crippen LogP contribution in [-0.2, 0) is 4.79 Å². The van der Waals surface area contributed by atoms with Crippen molar-refractivity contribution in [1.29, 1.82) is 0 Å². The van der Waals surface area contributed by atoms with Gasteiger partial charge in [-0.15, -0.1) is 13.2 Å². The van der Waals surface area contributed by atoms with Crippen LogP contribution in [0.4, 0.5) is 4.79 Å². The number of hydrogen-bond acceptors (Lipinski definition) is 2. The Bertz CT molecular complexity index is 279. The zero-order valence-electron chi connectivity index (χ0n) is 9.72. The van der Waals surface area contributed by atoms with Gasteiger partial charge in [-0.3, -0.25) is 0 Å². The zero-order valence-corrected chi connectivity index (χ0v) is 9.72. The first-order valence-electron chi connectivity index (χ1n) is 4.92. The monoisotopic (exact) mass is 226 g/mol. The van der Waals surface area contributed by atoms with Crippen molar-refractivity contribution in [3.8, 4) is 0 Å². The van der Waals surface area contributed by atoms with Crippen LogP contribution in [0, 0.1) is 0 Å². The minimum atomic E-state index is -1.03. The van der Waals surface area contributed by atoms with E-state index in [1.165, 1.54) is 23.8 Å². The maximum absolute atomic E-state index is 11.9. The van der Waals surface area contributed by atoms with Crippen LogP contribution in [-0.4, -0.2) is 53.1 Å². The van der Waals surface area contributed by atoms with Crippen LogP contribution in [0.3, 0.4) is 0 Å². The topological polar surface area (TPSA) is 60.9 Å². The molecule has 0 aliphatic rings. The molecule has 2 amide bonds. The Labute approximate surface area is 95.6 Å². The van der Waals surface area contributed by atoms with Crippen molar-refractivity contribution in [2.24, 2.45) is 0 Å². The van der Waals surface area contributed by atoms with Gasteiger partial charge < -0.3 is 14.9 Å². The maximum Gasteiger partial charge on any atom is 0.326 e. The third kappa shape index (κ3) is 3.76. The molecule has 0 aliphatic heterocycles. The normalized spacial score (nSPS) is 11.4. The van der Waals surface area contributed by atoms with Crippen LogP contribution in [0.1, 0.15) is 6.92 Å². The molecule has 90 valence electrons. The summed E-state index contributed by atoms with van der Waals surface area (Å²) in [5.41, 5.74) is 0. The van der Waals surface area contributed by atoms with Crippen molar-refractivity contribution in [2.75, 3.05) is 20.1 Å². The number of urea groups is 1. The molecule has 16 heavy (non-hydrogen) atoms. The molecule has 0 rings (SSSR count). The van der Waals surface area contributed by atoms with E-state index in [1.54, 1.807) is 12.2 Å². The second-order valence-electron chi connectivity index (χ2n) is 3.39. The first kappa shape index (κ1) is 14.2. The summed E-state index contributed by atoms with van der Waals surface area (Å²) in [5.74, 6) is -1.03. The fraction of sp³-hybridized carbons (Fsp3) is 0.455. The molecule has 0 fully saturated rings. The van der Waals surface area contributed by atoms with Gasteiger partial charge in [0.25, 0.3) is 0 Å². The van der Waals surface area contributed by atoms with E-state index in [9.17, 15) is 9.59 Å². The number of aliphatic carboxylic acids is 1. The van der Waals surface area contributed by atoms with E-state index in [-0.39, 0.29) is 6.03 Å². The average molecular weight is 226 g/mol. The number of carbonyl (C=O) groups excluding carboxylic acids is 1. The predicted octanol–water partition coefficient (Wildman–Crippen LogP) is 1.19. The summed E-state index contributed by atoms with van der Waals surface area (Å²) in [6.07, 6.45) is 3.17. The quantitative estimate of drug-likeness (QED) is 0.692. The van der Waals surface area contributed by atoms with Crippen molar-refractivity contribution in [3.63, 3.8) is 0 Å². The predicted molar refractivity (Wildman–Crippen MR) is 62.2 cm³/mol. The van der Waals surface area contributed by atoms with Gasteiger partial charge in [-0.1, -0.05) is 12.2 Å². The Balaban J connectivity index is 4.64. The first-order valence-corrected chi connectivity index (χ1v) is 4.92. The number of hydrogen-bond donors (Lipinski definition) is 1. The number of nitrogens with zero attached hydrogens (tertiary/aromatic N) is 2. The zero-order chi connectivity index (χ0) is 12.7. The SMILES string of the molecule is C=CCN(CC=C)C(=O)N(C)C(C)C(=O)O. The molecule has 1 atom stereocenters. The molecule has 0 aliphatic carbocycles. The van der Waals surface area contributed by atoms with E-state index in [0.717, 1.165) is 0 Å². The lowest BCUT2D eigenvalue weighted by Crippen LogP contribution is -2.47. The molecule has 1 unspecified atom stereocenters. The average Bonchev–Trinajstić information content (AvgIpc) is 2.25. The molecule has 0 spiro atoms. The van der Waals surface area contributed by atoms with E-state index in [4.69, 9.17) is 5.11 Å². The fourth-order valence-electron chi connectivity index (χ4n) is 1.10. The Kier molecular flexibility index (Phi) is 5.92. The summed E-state index contributed by atoms with van der Waals surface area (Å²) in [7, 11) is 1.46. The van der Waals surface area contributed by atoms with Gasteiger partial charge >= 0.3 is 12.0 Å². The smallest absolute Gasteiger partial charge is 0.326 e. The summed E-state index contributed by atoms with van der Waals surface area (Å²) < 4.78 is 0. The van der Waals surface area contributed by atoms with Gasteiger partial charge in [-0.05, 0) is 6.92 Å². The highest BCUT2D eigenvalue weighted by Gasteiger charge is 2.24. The van der Waals surface area contributed by atoms with E-state index in [2.05, 4.69) is 13.2 Å². The fourth-order valence-corrected chi connectivity index (χ4v) is 1.10. The van der Waals surface area contributed by atoms with Gasteiger partial charge in [0.1, 0.15) is 6.04 Å². The minimum Gasteiger partial charge on any atom is -0.480 e. The number of carbonyl (C=O) groups is 2. The van der Waals surface area contributed by atoms with Crippen LogP contribution in [0.2, 0.25) is 0 Å². The highest BCUT2D eigenvalue weighted by molar-refractivity contribution is 5.82. The van der Waals surface area contributed by atoms with Crippen molar-refractivity contribution in [2.45, 2.75) is 13.0 Å². The van der Waals surface area contributed by atoms with Gasteiger partial charge in [-0.25, -0.2) is 9.59 Å². The van der Waals surface area contributed by atoms with Gasteiger partial charge in [0, 0.05) is 20.1 Å². The molecular formula is C11H18N2O3. The summed E-state index contributed by atoms with van der Waals surface area (Å²) in [6, 6.07) is -1.21. The molecular weight excluding hydrogens is 208 g/mol. The third-order valence-corrected chi connectivity index (χ3v) is 2.21. The molecule has 0 saturated carbocycles. The molecule has 0 aromatic heterocycles. The number of carboxylic acids is 1. The molecule has 5 heteroatoms. The van der Waals surface area contributed by atoms with Gasteiger partial charge in [-0.2, -0.15) is 0 Å². The second-order valence-corrected chi connectivity index (χ2v) is 3.39. The number of likely N-dealkylation sites (N-methyl/N-ethyl adjacent to an activating group) is 1. The highest BCUT2D eigenvalue weighted by Crippen LogP contribution is 2.03. The van der Waals surface area contributed by atoms with Crippen molar-refractivity contribution in [3.05, 3.63) is 25.3 Å². The van der Waals surface area contributed by atoms with Gasteiger partial charge in [0.15, 0.2) is 0 Å². The van der Waals surface area contributed by atoms with Crippen molar-refractivity contribution in [1.82, 2.24) is 9.80 Å². The Morgan fingerprint density at radius 3 is 2.06 bits per heavy atom. The summed E-state index contributed by atoms with van der Waals surface area (Å²) in [5, 5.41) is 8.79. The van der Waals surface area contributed by atoms with Crippen LogP contribution in [0.5, 0.6) is 0 Å². The van der Waals surface area contributed by atoms with Crippen LogP contribution >= 0.6 is 0 Å². The molecule has 0 aromatic carbocycles. The molecule has 0 aromatic rings. The Morgan fingerprint density at radius 1 is 1.31 bits per heavy atom. The van der Waals surface area contributed by atoms with E-state index in [0.29, 0.717) is 13.1 Å². The number of carboxylic acid groups (broad SMARTS) is 1. The minimum absolute atomic E-state index is 0.352. The van der Waals surface area contributed by atoms with E-state index < -0.39 is 12.0 Å². The standard InChI is InChI=1S/C11H18N2O3/c1-5-7-13(8-6-2)11(16)12(4)9(3)10(14)15/h5-6,9H,1-2,7-8H2,3-4H3,(H,14,15). The van der Waals surface area contributed by atoms with Gasteiger partial charge in [0.05, 0.1) is 0 Å². The molecule has 0 bridgehead atoms. The summed E-state index contributed by atoms with van der Waals surface area (Å²) >= 11 is 0. The van der Waals surface area contributed by atoms with Crippen molar-refractivity contribution < 1.29 is 14.7 Å². The molecule has 0 radical (unpaired) electrons. The van der Waals surface area contributed by atoms with E-state index in [1.807, 2.05) is 0 Å². The van der Waals surface area contributed by atoms with Crippen LogP contribution in [0.15, 0.2) is 25.3 Å². The number of rotatable bonds is 6. The summed E-state index contributed by atoms with van der Waals surface area (Å²) in [6.45, 7) is 9.27. The Hall–Kier alpha value is -1.78. The third-order valence-electron chi connectivity index (χ3n) is 2.21. The molecule has 1 N–H and O–H groups in total. The maximum atomic E-state index is 11.9. The molecule has 0 heterocycles. The highest BCUT2D eigenvalue weighted by atomic mass is 16.4. The van der Waals surface area contributed by atoms with Crippen LogP contribution in [0.25, 0.3) is 0 Å². The summed E-state index contributed by atoms with van der Waals surface area (Å²) in [4.78, 5) is 25.2. The Morgan fingerprint density at radius 2 is 1.75 bits per heavy atom. The lowest BCUT2D eigenvalue weighted by Gasteiger charge is -2.28. The van der Waals surface area contributed by atoms with Gasteiger partial charge in [0.2, 0.25) is 0 Å². The first-order chi connectivity index (χ1) is 7.45. The second kappa shape index (κ2) is 6.66. The lowest BCUT2D eigenvalue weighted by molar-refractivity contribution is -0.141. The van der Waals surface area contributed by atoms with Crippen LogP contribution < -0.4 is 0 Å². The molecule has 0 saturated heterocycles. The largest absolute Gasteiger partial charge is 0.480 e.